The molecule has 0 spiro atoms. The van der Waals surface area contributed by atoms with Crippen LogP contribution >= 0.6 is 0 Å². The Balaban J connectivity index is 1.20. The molecule has 0 aliphatic carbocycles. The van der Waals surface area contributed by atoms with Crippen molar-refractivity contribution in [3.8, 4) is 5.75 Å². The third-order valence-electron chi connectivity index (χ3n) is 5.43. The summed E-state index contributed by atoms with van der Waals surface area (Å²) in [6.07, 6.45) is 14.2. The summed E-state index contributed by atoms with van der Waals surface area (Å²) in [4.78, 5) is 12.1. The van der Waals surface area contributed by atoms with Gasteiger partial charge in [-0.05, 0) is 49.2 Å². The number of hydrogen-bond acceptors (Lipinski definition) is 4. The zero-order valence-electron chi connectivity index (χ0n) is 19.3. The first-order valence-electron chi connectivity index (χ1n) is 12.0. The SMILES string of the molecule is O=C(CCCCCCCCCC[n+]1ccccc1)Oc1ccc(N=Nc2ccccc2)cc1. The number of hydrogen-bond donors (Lipinski definition) is 0. The average Bonchev–Trinajstić information content (AvgIpc) is 2.86. The standard InChI is InChI=1S/C28H34N3O2/c32-28(17-11-5-3-1-2-4-6-12-22-31-23-13-8-14-24-31)33-27-20-18-26(19-21-27)30-29-25-15-9-7-10-16-25/h7-10,13-16,18-21,23-24H,1-6,11-12,17,22H2/q+1. The Morgan fingerprint density at radius 3 is 1.85 bits per heavy atom. The number of unbranched alkanes of at least 4 members (excludes halogenated alkanes) is 7. The van der Waals surface area contributed by atoms with Gasteiger partial charge in [-0.1, -0.05) is 56.4 Å². The Hall–Kier alpha value is -3.34. The monoisotopic (exact) mass is 444 g/mol. The van der Waals surface area contributed by atoms with Gasteiger partial charge in [0.1, 0.15) is 12.3 Å². The maximum Gasteiger partial charge on any atom is 0.311 e. The lowest BCUT2D eigenvalue weighted by molar-refractivity contribution is -0.697. The third-order valence-corrected chi connectivity index (χ3v) is 5.43. The molecule has 0 aliphatic rings. The highest BCUT2D eigenvalue weighted by molar-refractivity contribution is 5.72. The van der Waals surface area contributed by atoms with Crippen LogP contribution in [0.4, 0.5) is 11.4 Å². The second-order valence-electron chi connectivity index (χ2n) is 8.20. The van der Waals surface area contributed by atoms with Gasteiger partial charge < -0.3 is 4.74 Å². The van der Waals surface area contributed by atoms with E-state index in [1.807, 2.05) is 30.3 Å². The molecule has 3 rings (SSSR count). The summed E-state index contributed by atoms with van der Waals surface area (Å²) in [5, 5.41) is 8.38. The molecule has 0 atom stereocenters. The van der Waals surface area contributed by atoms with E-state index in [-0.39, 0.29) is 5.97 Å². The Bertz CT molecular complexity index is 957. The quantitative estimate of drug-likeness (QED) is 0.0849. The molecule has 3 aromatic rings. The summed E-state index contributed by atoms with van der Waals surface area (Å²) in [5.41, 5.74) is 1.52. The number of aryl methyl sites for hydroxylation is 1. The molecular formula is C28H34N3O2+. The van der Waals surface area contributed by atoms with Gasteiger partial charge in [-0.25, -0.2) is 4.57 Å². The van der Waals surface area contributed by atoms with Crippen LogP contribution in [0.3, 0.4) is 0 Å². The summed E-state index contributed by atoms with van der Waals surface area (Å²) in [7, 11) is 0. The molecule has 0 saturated carbocycles. The van der Waals surface area contributed by atoms with Gasteiger partial charge in [-0.2, -0.15) is 10.2 Å². The molecule has 0 aliphatic heterocycles. The lowest BCUT2D eigenvalue weighted by Gasteiger charge is -2.05. The van der Waals surface area contributed by atoms with Gasteiger partial charge in [0, 0.05) is 25.0 Å². The Labute approximate surface area is 197 Å². The minimum Gasteiger partial charge on any atom is -0.427 e. The van der Waals surface area contributed by atoms with E-state index >= 15 is 0 Å². The summed E-state index contributed by atoms with van der Waals surface area (Å²) < 4.78 is 7.67. The zero-order valence-corrected chi connectivity index (χ0v) is 19.3. The predicted molar refractivity (Wildman–Crippen MR) is 131 cm³/mol. The van der Waals surface area contributed by atoms with E-state index in [1.54, 1.807) is 24.3 Å². The molecule has 0 amide bonds. The van der Waals surface area contributed by atoms with Gasteiger partial charge in [0.15, 0.2) is 12.4 Å². The summed E-state index contributed by atoms with van der Waals surface area (Å²) in [6.45, 7) is 1.10. The van der Waals surface area contributed by atoms with Gasteiger partial charge in [-0.15, -0.1) is 0 Å². The number of azo groups is 1. The van der Waals surface area contributed by atoms with Gasteiger partial charge >= 0.3 is 5.97 Å². The van der Waals surface area contributed by atoms with Gasteiger partial charge in [0.2, 0.25) is 0 Å². The number of carbonyl (C=O) groups is 1. The van der Waals surface area contributed by atoms with Gasteiger partial charge in [-0.3, -0.25) is 4.79 Å². The molecule has 1 aromatic heterocycles. The fraction of sp³-hybridized carbons (Fsp3) is 0.357. The number of benzene rings is 2. The minimum atomic E-state index is -0.174. The van der Waals surface area contributed by atoms with E-state index < -0.39 is 0 Å². The van der Waals surface area contributed by atoms with Crippen LogP contribution in [0.2, 0.25) is 0 Å². The first-order chi connectivity index (χ1) is 16.3. The molecule has 2 aromatic carbocycles. The van der Waals surface area contributed by atoms with Crippen LogP contribution in [-0.4, -0.2) is 5.97 Å². The summed E-state index contributed by atoms with van der Waals surface area (Å²) >= 11 is 0. The highest BCUT2D eigenvalue weighted by Gasteiger charge is 2.05. The van der Waals surface area contributed by atoms with Crippen molar-refractivity contribution in [2.24, 2.45) is 10.2 Å². The fourth-order valence-electron chi connectivity index (χ4n) is 3.58. The molecule has 1 heterocycles. The molecule has 33 heavy (non-hydrogen) atoms. The van der Waals surface area contributed by atoms with Crippen molar-refractivity contribution in [3.05, 3.63) is 85.2 Å². The van der Waals surface area contributed by atoms with Crippen molar-refractivity contribution in [3.63, 3.8) is 0 Å². The van der Waals surface area contributed by atoms with E-state index in [0.29, 0.717) is 12.2 Å². The van der Waals surface area contributed by atoms with Crippen molar-refractivity contribution in [1.82, 2.24) is 0 Å². The van der Waals surface area contributed by atoms with Crippen LogP contribution in [0, 0.1) is 0 Å². The first-order valence-corrected chi connectivity index (χ1v) is 12.0. The second-order valence-corrected chi connectivity index (χ2v) is 8.20. The van der Waals surface area contributed by atoms with Crippen molar-refractivity contribution >= 4 is 17.3 Å². The molecule has 0 bridgehead atoms. The molecule has 0 fully saturated rings. The Morgan fingerprint density at radius 2 is 1.18 bits per heavy atom. The van der Waals surface area contributed by atoms with E-state index in [2.05, 4.69) is 45.4 Å². The van der Waals surface area contributed by atoms with Crippen molar-refractivity contribution in [1.29, 1.82) is 0 Å². The van der Waals surface area contributed by atoms with Crippen LogP contribution in [0.15, 0.2) is 95.4 Å². The average molecular weight is 445 g/mol. The molecular weight excluding hydrogens is 410 g/mol. The smallest absolute Gasteiger partial charge is 0.311 e. The van der Waals surface area contributed by atoms with E-state index in [4.69, 9.17) is 4.74 Å². The number of pyridine rings is 1. The number of nitrogens with zero attached hydrogens (tertiary/aromatic N) is 3. The van der Waals surface area contributed by atoms with Crippen LogP contribution in [0.1, 0.15) is 57.8 Å². The third kappa shape index (κ3) is 10.2. The molecule has 0 N–H and O–H groups in total. The molecule has 5 heteroatoms. The molecule has 172 valence electrons. The number of rotatable bonds is 14. The van der Waals surface area contributed by atoms with E-state index in [9.17, 15) is 4.79 Å². The molecule has 0 unspecified atom stereocenters. The second kappa shape index (κ2) is 14.7. The largest absolute Gasteiger partial charge is 0.427 e. The molecule has 0 radical (unpaired) electrons. The van der Waals surface area contributed by atoms with Crippen molar-refractivity contribution in [2.75, 3.05) is 0 Å². The number of ether oxygens (including phenoxy) is 1. The minimum absolute atomic E-state index is 0.174. The Morgan fingerprint density at radius 1 is 0.636 bits per heavy atom. The number of aromatic nitrogens is 1. The first kappa shape index (κ1) is 24.3. The highest BCUT2D eigenvalue weighted by atomic mass is 16.5. The highest BCUT2D eigenvalue weighted by Crippen LogP contribution is 2.21. The van der Waals surface area contributed by atoms with E-state index in [1.165, 1.54) is 38.5 Å². The van der Waals surface area contributed by atoms with Crippen LogP contribution in [-0.2, 0) is 11.3 Å². The molecule has 5 nitrogen and oxygen atoms in total. The summed E-state index contributed by atoms with van der Waals surface area (Å²) in [5.74, 6) is 0.374. The van der Waals surface area contributed by atoms with Crippen LogP contribution in [0.5, 0.6) is 5.75 Å². The summed E-state index contributed by atoms with van der Waals surface area (Å²) in [6, 6.07) is 22.9. The lowest BCUT2D eigenvalue weighted by Crippen LogP contribution is -2.32. The predicted octanol–water partition coefficient (Wildman–Crippen LogP) is 7.51. The van der Waals surface area contributed by atoms with Crippen LogP contribution in [0.25, 0.3) is 0 Å². The Kier molecular flexibility index (Phi) is 10.8. The maximum absolute atomic E-state index is 12.1. The van der Waals surface area contributed by atoms with Crippen molar-refractivity contribution < 1.29 is 14.1 Å². The fourth-order valence-corrected chi connectivity index (χ4v) is 3.58. The van der Waals surface area contributed by atoms with Gasteiger partial charge in [0.05, 0.1) is 11.4 Å². The van der Waals surface area contributed by atoms with Gasteiger partial charge in [0.25, 0.3) is 0 Å². The lowest BCUT2D eigenvalue weighted by atomic mass is 10.1. The normalized spacial score (nSPS) is 11.0. The number of esters is 1. The molecule has 0 saturated heterocycles. The number of carbonyl (C=O) groups excluding carboxylic acids is 1. The van der Waals surface area contributed by atoms with E-state index in [0.717, 1.165) is 30.8 Å². The zero-order chi connectivity index (χ0) is 23.0. The van der Waals surface area contributed by atoms with Crippen molar-refractivity contribution in [2.45, 2.75) is 64.3 Å². The van der Waals surface area contributed by atoms with Crippen LogP contribution < -0.4 is 9.30 Å². The topological polar surface area (TPSA) is 54.9 Å². The maximum atomic E-state index is 12.1.